The zero-order chi connectivity index (χ0) is 12.5. The van der Waals surface area contributed by atoms with Crippen LogP contribution in [0.15, 0.2) is 0 Å². The number of hydrogen-bond donors (Lipinski definition) is 0. The summed E-state index contributed by atoms with van der Waals surface area (Å²) in [5, 5.41) is 0. The minimum atomic E-state index is -0.109. The van der Waals surface area contributed by atoms with Gasteiger partial charge in [-0.15, -0.1) is 0 Å². The SMILES string of the molecule is COC(=O)CCCCCCC1CCCC1C=O. The summed E-state index contributed by atoms with van der Waals surface area (Å²) in [6.45, 7) is 0. The van der Waals surface area contributed by atoms with Gasteiger partial charge in [0.1, 0.15) is 6.29 Å². The molecule has 98 valence electrons. The Hall–Kier alpha value is -0.860. The Morgan fingerprint density at radius 2 is 2.00 bits per heavy atom. The van der Waals surface area contributed by atoms with Crippen molar-refractivity contribution in [1.29, 1.82) is 0 Å². The molecule has 0 saturated heterocycles. The Balaban J connectivity index is 1.97. The van der Waals surface area contributed by atoms with E-state index in [9.17, 15) is 9.59 Å². The molecule has 0 N–H and O–H groups in total. The van der Waals surface area contributed by atoms with Gasteiger partial charge >= 0.3 is 5.97 Å². The number of esters is 1. The lowest BCUT2D eigenvalue weighted by Gasteiger charge is -2.13. The second kappa shape index (κ2) is 8.26. The fraction of sp³-hybridized carbons (Fsp3) is 0.857. The number of rotatable bonds is 8. The van der Waals surface area contributed by atoms with Gasteiger partial charge in [-0.3, -0.25) is 4.79 Å². The van der Waals surface area contributed by atoms with E-state index in [-0.39, 0.29) is 5.97 Å². The lowest BCUT2D eigenvalue weighted by Crippen LogP contribution is -2.08. The number of carbonyl (C=O) groups is 2. The van der Waals surface area contributed by atoms with E-state index in [4.69, 9.17) is 0 Å². The summed E-state index contributed by atoms with van der Waals surface area (Å²) in [5.41, 5.74) is 0. The lowest BCUT2D eigenvalue weighted by molar-refractivity contribution is -0.140. The molecule has 1 fully saturated rings. The summed E-state index contributed by atoms with van der Waals surface area (Å²) >= 11 is 0. The molecule has 0 aromatic heterocycles. The molecule has 1 saturated carbocycles. The molecule has 1 aliphatic carbocycles. The molecule has 0 aromatic carbocycles. The number of unbranched alkanes of at least 4 members (excludes halogenated alkanes) is 3. The average molecular weight is 240 g/mol. The van der Waals surface area contributed by atoms with E-state index >= 15 is 0 Å². The van der Waals surface area contributed by atoms with E-state index < -0.39 is 0 Å². The highest BCUT2D eigenvalue weighted by atomic mass is 16.5. The van der Waals surface area contributed by atoms with Gasteiger partial charge in [-0.05, 0) is 31.6 Å². The molecule has 0 aromatic rings. The molecule has 0 aliphatic heterocycles. The van der Waals surface area contributed by atoms with Crippen LogP contribution < -0.4 is 0 Å². The van der Waals surface area contributed by atoms with Gasteiger partial charge in [0.15, 0.2) is 0 Å². The summed E-state index contributed by atoms with van der Waals surface area (Å²) in [4.78, 5) is 21.7. The van der Waals surface area contributed by atoms with Crippen LogP contribution in [-0.2, 0) is 14.3 Å². The molecule has 3 nitrogen and oxygen atoms in total. The first kappa shape index (κ1) is 14.2. The molecule has 17 heavy (non-hydrogen) atoms. The molecule has 0 radical (unpaired) electrons. The largest absolute Gasteiger partial charge is 0.469 e. The Labute approximate surface area is 104 Å². The fourth-order valence-corrected chi connectivity index (χ4v) is 2.73. The Morgan fingerprint density at radius 1 is 1.24 bits per heavy atom. The molecule has 2 unspecified atom stereocenters. The summed E-state index contributed by atoms with van der Waals surface area (Å²) in [6, 6.07) is 0. The summed E-state index contributed by atoms with van der Waals surface area (Å²) < 4.78 is 4.59. The molecular weight excluding hydrogens is 216 g/mol. The van der Waals surface area contributed by atoms with E-state index in [2.05, 4.69) is 4.74 Å². The van der Waals surface area contributed by atoms with Crippen molar-refractivity contribution in [2.75, 3.05) is 7.11 Å². The third-order valence-electron chi connectivity index (χ3n) is 3.83. The van der Waals surface area contributed by atoms with Gasteiger partial charge in [-0.25, -0.2) is 0 Å². The van der Waals surface area contributed by atoms with Crippen LogP contribution in [0.4, 0.5) is 0 Å². The number of hydrogen-bond acceptors (Lipinski definition) is 3. The van der Waals surface area contributed by atoms with Crippen LogP contribution in [0.25, 0.3) is 0 Å². The first-order valence-electron chi connectivity index (χ1n) is 6.80. The molecule has 0 bridgehead atoms. The maximum absolute atomic E-state index is 10.9. The first-order valence-corrected chi connectivity index (χ1v) is 6.80. The quantitative estimate of drug-likeness (QED) is 0.372. The van der Waals surface area contributed by atoms with Crippen molar-refractivity contribution in [1.82, 2.24) is 0 Å². The summed E-state index contributed by atoms with van der Waals surface area (Å²) in [6.07, 6.45) is 10.8. The second-order valence-electron chi connectivity index (χ2n) is 5.02. The van der Waals surface area contributed by atoms with Crippen LogP contribution in [-0.4, -0.2) is 19.4 Å². The van der Waals surface area contributed by atoms with E-state index in [1.165, 1.54) is 39.2 Å². The zero-order valence-corrected chi connectivity index (χ0v) is 10.8. The van der Waals surface area contributed by atoms with Crippen molar-refractivity contribution in [3.05, 3.63) is 0 Å². The van der Waals surface area contributed by atoms with Gasteiger partial charge < -0.3 is 9.53 Å². The summed E-state index contributed by atoms with van der Waals surface area (Å²) in [5.74, 6) is 0.847. The molecular formula is C14H24O3. The van der Waals surface area contributed by atoms with Gasteiger partial charge in [-0.2, -0.15) is 0 Å². The molecule has 3 heteroatoms. The van der Waals surface area contributed by atoms with E-state index in [0.717, 1.165) is 25.5 Å². The van der Waals surface area contributed by atoms with Gasteiger partial charge in [0.05, 0.1) is 7.11 Å². The van der Waals surface area contributed by atoms with Gasteiger partial charge in [-0.1, -0.05) is 25.7 Å². The lowest BCUT2D eigenvalue weighted by atomic mass is 9.91. The molecule has 1 rings (SSSR count). The highest BCUT2D eigenvalue weighted by molar-refractivity contribution is 5.68. The maximum Gasteiger partial charge on any atom is 0.305 e. The van der Waals surface area contributed by atoms with E-state index in [1.54, 1.807) is 0 Å². The number of ether oxygens (including phenoxy) is 1. The fourth-order valence-electron chi connectivity index (χ4n) is 2.73. The van der Waals surface area contributed by atoms with Crippen molar-refractivity contribution in [3.63, 3.8) is 0 Å². The number of carbonyl (C=O) groups excluding carboxylic acids is 2. The topological polar surface area (TPSA) is 43.4 Å². The van der Waals surface area contributed by atoms with Crippen LogP contribution in [0, 0.1) is 11.8 Å². The smallest absolute Gasteiger partial charge is 0.305 e. The van der Waals surface area contributed by atoms with E-state index in [0.29, 0.717) is 18.3 Å². The van der Waals surface area contributed by atoms with Crippen LogP contribution in [0.2, 0.25) is 0 Å². The van der Waals surface area contributed by atoms with Crippen LogP contribution in [0.3, 0.4) is 0 Å². The zero-order valence-electron chi connectivity index (χ0n) is 10.8. The predicted octanol–water partition coefficient (Wildman–Crippen LogP) is 3.12. The Kier molecular flexibility index (Phi) is 6.90. The van der Waals surface area contributed by atoms with Crippen LogP contribution in [0.5, 0.6) is 0 Å². The molecule has 0 amide bonds. The van der Waals surface area contributed by atoms with Crippen molar-refractivity contribution in [2.45, 2.75) is 57.8 Å². The number of aldehydes is 1. The Bertz CT molecular complexity index is 238. The monoisotopic (exact) mass is 240 g/mol. The highest BCUT2D eigenvalue weighted by Gasteiger charge is 2.25. The second-order valence-corrected chi connectivity index (χ2v) is 5.02. The maximum atomic E-state index is 10.9. The van der Waals surface area contributed by atoms with Crippen LogP contribution >= 0.6 is 0 Å². The normalized spacial score (nSPS) is 23.6. The minimum Gasteiger partial charge on any atom is -0.469 e. The van der Waals surface area contributed by atoms with Crippen molar-refractivity contribution < 1.29 is 14.3 Å². The van der Waals surface area contributed by atoms with Crippen molar-refractivity contribution >= 4 is 12.3 Å². The van der Waals surface area contributed by atoms with Gasteiger partial charge in [0.2, 0.25) is 0 Å². The number of methoxy groups -OCH3 is 1. The van der Waals surface area contributed by atoms with Gasteiger partial charge in [0.25, 0.3) is 0 Å². The average Bonchev–Trinajstić information content (AvgIpc) is 2.80. The van der Waals surface area contributed by atoms with Crippen molar-refractivity contribution in [2.24, 2.45) is 11.8 Å². The van der Waals surface area contributed by atoms with Gasteiger partial charge in [0, 0.05) is 12.3 Å². The molecule has 0 heterocycles. The standard InChI is InChI=1S/C14H24O3/c1-17-14(16)10-5-3-2-4-7-12-8-6-9-13(12)11-15/h11-13H,2-10H2,1H3. The predicted molar refractivity (Wildman–Crippen MR) is 66.6 cm³/mol. The molecule has 2 atom stereocenters. The first-order chi connectivity index (χ1) is 8.27. The van der Waals surface area contributed by atoms with Crippen LogP contribution in [0.1, 0.15) is 57.8 Å². The van der Waals surface area contributed by atoms with Crippen molar-refractivity contribution in [3.8, 4) is 0 Å². The molecule has 0 spiro atoms. The Morgan fingerprint density at radius 3 is 2.71 bits per heavy atom. The highest BCUT2D eigenvalue weighted by Crippen LogP contribution is 2.33. The molecule has 1 aliphatic rings. The minimum absolute atomic E-state index is 0.109. The third kappa shape index (κ3) is 5.33. The third-order valence-corrected chi connectivity index (χ3v) is 3.83. The summed E-state index contributed by atoms with van der Waals surface area (Å²) in [7, 11) is 1.43. The van der Waals surface area contributed by atoms with E-state index in [1.807, 2.05) is 0 Å².